The lowest BCUT2D eigenvalue weighted by atomic mass is 9.79. The Labute approximate surface area is 119 Å². The van der Waals surface area contributed by atoms with Crippen molar-refractivity contribution in [1.82, 2.24) is 0 Å². The van der Waals surface area contributed by atoms with E-state index in [0.29, 0.717) is 12.0 Å². The van der Waals surface area contributed by atoms with Gasteiger partial charge < -0.3 is 5.73 Å². The first-order valence-corrected chi connectivity index (χ1v) is 8.10. The molecule has 2 unspecified atom stereocenters. The van der Waals surface area contributed by atoms with E-state index in [1.165, 1.54) is 36.0 Å². The molecule has 0 spiro atoms. The second kappa shape index (κ2) is 5.89. The Morgan fingerprint density at radius 3 is 2.84 bits per heavy atom. The number of nitrogens with two attached hydrogens (primary N) is 1. The highest BCUT2D eigenvalue weighted by Crippen LogP contribution is 2.28. The van der Waals surface area contributed by atoms with Gasteiger partial charge in [-0.05, 0) is 71.5 Å². The summed E-state index contributed by atoms with van der Waals surface area (Å²) in [6, 6.07) is 11.4. The van der Waals surface area contributed by atoms with Gasteiger partial charge in [-0.2, -0.15) is 11.3 Å². The van der Waals surface area contributed by atoms with Crippen LogP contribution in [-0.4, -0.2) is 6.04 Å². The fourth-order valence-corrected chi connectivity index (χ4v) is 3.80. The second-order valence-electron chi connectivity index (χ2n) is 5.61. The summed E-state index contributed by atoms with van der Waals surface area (Å²) in [7, 11) is 0. The Bertz CT molecular complexity index is 518. The van der Waals surface area contributed by atoms with Gasteiger partial charge in [-0.25, -0.2) is 0 Å². The lowest BCUT2D eigenvalue weighted by Crippen LogP contribution is -2.34. The van der Waals surface area contributed by atoms with Crippen LogP contribution < -0.4 is 5.73 Å². The van der Waals surface area contributed by atoms with E-state index >= 15 is 0 Å². The Morgan fingerprint density at radius 2 is 2.05 bits per heavy atom. The summed E-state index contributed by atoms with van der Waals surface area (Å²) in [5.74, 6) is 0.661. The maximum absolute atomic E-state index is 6.43. The zero-order valence-corrected chi connectivity index (χ0v) is 12.0. The van der Waals surface area contributed by atoms with Crippen LogP contribution in [0.1, 0.15) is 29.5 Å². The summed E-state index contributed by atoms with van der Waals surface area (Å²) >= 11 is 1.78. The van der Waals surface area contributed by atoms with Crippen LogP contribution in [-0.2, 0) is 19.3 Å². The van der Waals surface area contributed by atoms with Gasteiger partial charge >= 0.3 is 0 Å². The van der Waals surface area contributed by atoms with E-state index in [1.54, 1.807) is 11.3 Å². The number of thiophene rings is 1. The summed E-state index contributed by atoms with van der Waals surface area (Å²) in [6.07, 6.45) is 5.86. The van der Waals surface area contributed by atoms with Gasteiger partial charge in [0.15, 0.2) is 0 Å². The molecule has 0 aliphatic heterocycles. The van der Waals surface area contributed by atoms with Crippen molar-refractivity contribution in [3.63, 3.8) is 0 Å². The minimum Gasteiger partial charge on any atom is -0.327 e. The van der Waals surface area contributed by atoms with Crippen molar-refractivity contribution in [3.8, 4) is 0 Å². The highest BCUT2D eigenvalue weighted by molar-refractivity contribution is 7.07. The van der Waals surface area contributed by atoms with Crippen LogP contribution in [0.4, 0.5) is 0 Å². The van der Waals surface area contributed by atoms with Gasteiger partial charge in [0.2, 0.25) is 0 Å². The molecule has 1 heterocycles. The van der Waals surface area contributed by atoms with E-state index in [-0.39, 0.29) is 0 Å². The van der Waals surface area contributed by atoms with Gasteiger partial charge in [-0.15, -0.1) is 0 Å². The zero-order chi connectivity index (χ0) is 13.1. The summed E-state index contributed by atoms with van der Waals surface area (Å²) in [5.41, 5.74) is 10.9. The quantitative estimate of drug-likeness (QED) is 0.899. The van der Waals surface area contributed by atoms with Gasteiger partial charge in [0.1, 0.15) is 0 Å². The van der Waals surface area contributed by atoms with Crippen LogP contribution in [0, 0.1) is 5.92 Å². The average Bonchev–Trinajstić information content (AvgIpc) is 2.97. The normalized spacial score (nSPS) is 19.9. The summed E-state index contributed by atoms with van der Waals surface area (Å²) < 4.78 is 0. The number of rotatable bonds is 4. The minimum atomic E-state index is 0.341. The summed E-state index contributed by atoms with van der Waals surface area (Å²) in [4.78, 5) is 0. The fourth-order valence-electron chi connectivity index (χ4n) is 3.10. The maximum atomic E-state index is 6.43. The number of fused-ring (bicyclic) bond motifs is 1. The first kappa shape index (κ1) is 12.9. The van der Waals surface area contributed by atoms with E-state index in [2.05, 4.69) is 41.1 Å². The molecule has 0 radical (unpaired) electrons. The largest absolute Gasteiger partial charge is 0.327 e. The second-order valence-corrected chi connectivity index (χ2v) is 6.39. The highest BCUT2D eigenvalue weighted by atomic mass is 32.1. The molecule has 0 saturated heterocycles. The van der Waals surface area contributed by atoms with E-state index < -0.39 is 0 Å². The molecule has 3 rings (SSSR count). The molecule has 2 atom stereocenters. The number of benzene rings is 1. The van der Waals surface area contributed by atoms with Gasteiger partial charge in [-0.1, -0.05) is 24.3 Å². The molecule has 1 aromatic heterocycles. The molecule has 0 amide bonds. The summed E-state index contributed by atoms with van der Waals surface area (Å²) in [6.45, 7) is 0. The lowest BCUT2D eigenvalue weighted by molar-refractivity contribution is 0.359. The Balaban J connectivity index is 1.58. The van der Waals surface area contributed by atoms with Crippen LogP contribution in [0.5, 0.6) is 0 Å². The van der Waals surface area contributed by atoms with Crippen molar-refractivity contribution in [3.05, 3.63) is 57.8 Å². The maximum Gasteiger partial charge on any atom is 0.00736 e. The van der Waals surface area contributed by atoms with Crippen molar-refractivity contribution in [2.45, 2.75) is 38.1 Å². The first-order chi connectivity index (χ1) is 9.33. The first-order valence-electron chi connectivity index (χ1n) is 7.16. The molecule has 2 heteroatoms. The third-order valence-corrected chi connectivity index (χ3v) is 5.07. The molecule has 0 fully saturated rings. The predicted molar refractivity (Wildman–Crippen MR) is 82.6 cm³/mol. The Kier molecular flexibility index (Phi) is 4.00. The molecule has 1 aromatic carbocycles. The topological polar surface area (TPSA) is 26.0 Å². The monoisotopic (exact) mass is 271 g/mol. The molecular formula is C17H21NS. The number of aryl methyl sites for hydroxylation is 2. The van der Waals surface area contributed by atoms with Gasteiger partial charge in [-0.3, -0.25) is 0 Å². The van der Waals surface area contributed by atoms with Crippen LogP contribution in [0.25, 0.3) is 0 Å². The van der Waals surface area contributed by atoms with Crippen LogP contribution in [0.15, 0.2) is 41.1 Å². The van der Waals surface area contributed by atoms with E-state index in [4.69, 9.17) is 5.73 Å². The van der Waals surface area contributed by atoms with E-state index in [0.717, 1.165) is 12.8 Å². The number of hydrogen-bond donors (Lipinski definition) is 1. The fraction of sp³-hybridized carbons (Fsp3) is 0.412. The third-order valence-electron chi connectivity index (χ3n) is 4.34. The third kappa shape index (κ3) is 3.07. The summed E-state index contributed by atoms with van der Waals surface area (Å²) in [5, 5.41) is 4.39. The van der Waals surface area contributed by atoms with Gasteiger partial charge in [0.05, 0.1) is 0 Å². The lowest BCUT2D eigenvalue weighted by Gasteiger charge is -2.29. The van der Waals surface area contributed by atoms with Crippen LogP contribution in [0.3, 0.4) is 0 Å². The predicted octanol–water partition coefficient (Wildman–Crippen LogP) is 3.81. The van der Waals surface area contributed by atoms with E-state index in [9.17, 15) is 0 Å². The van der Waals surface area contributed by atoms with Crippen molar-refractivity contribution in [2.75, 3.05) is 0 Å². The zero-order valence-electron chi connectivity index (χ0n) is 11.2. The molecule has 1 nitrogen and oxygen atoms in total. The van der Waals surface area contributed by atoms with Crippen LogP contribution in [0.2, 0.25) is 0 Å². The van der Waals surface area contributed by atoms with Crippen molar-refractivity contribution in [1.29, 1.82) is 0 Å². The van der Waals surface area contributed by atoms with E-state index in [1.807, 2.05) is 0 Å². The molecule has 1 aliphatic rings. The standard InChI is InChI=1S/C17H21NS/c18-17(8-5-13-9-10-19-12-13)16-7-6-14-3-1-2-4-15(14)11-16/h1-4,9-10,12,16-17H,5-8,11,18H2. The van der Waals surface area contributed by atoms with Crippen LogP contribution >= 0.6 is 11.3 Å². The minimum absolute atomic E-state index is 0.341. The molecule has 1 aliphatic carbocycles. The molecular weight excluding hydrogens is 250 g/mol. The molecule has 2 aromatic rings. The Morgan fingerprint density at radius 1 is 1.21 bits per heavy atom. The van der Waals surface area contributed by atoms with Crippen molar-refractivity contribution >= 4 is 11.3 Å². The number of hydrogen-bond acceptors (Lipinski definition) is 2. The highest BCUT2D eigenvalue weighted by Gasteiger charge is 2.23. The average molecular weight is 271 g/mol. The van der Waals surface area contributed by atoms with Crippen molar-refractivity contribution in [2.24, 2.45) is 11.7 Å². The SMILES string of the molecule is NC(CCc1ccsc1)C1CCc2ccccc2C1. The molecule has 19 heavy (non-hydrogen) atoms. The van der Waals surface area contributed by atoms with Gasteiger partial charge in [0.25, 0.3) is 0 Å². The smallest absolute Gasteiger partial charge is 0.00736 e. The molecule has 0 saturated carbocycles. The Hall–Kier alpha value is -1.12. The van der Waals surface area contributed by atoms with Gasteiger partial charge in [0, 0.05) is 6.04 Å². The van der Waals surface area contributed by atoms with Crippen molar-refractivity contribution < 1.29 is 0 Å². The molecule has 100 valence electrons. The molecule has 0 bridgehead atoms. The molecule has 2 N–H and O–H groups in total.